The van der Waals surface area contributed by atoms with Gasteiger partial charge in [0, 0.05) is 31.2 Å². The summed E-state index contributed by atoms with van der Waals surface area (Å²) >= 11 is -1.68. The van der Waals surface area contributed by atoms with Gasteiger partial charge in [-0.1, -0.05) is 6.92 Å². The third kappa shape index (κ3) is 4.40. The van der Waals surface area contributed by atoms with Crippen molar-refractivity contribution in [3.05, 3.63) is 41.5 Å². The maximum absolute atomic E-state index is 13.6. The Hall–Kier alpha value is -2.76. The number of anilines is 1. The Balaban J connectivity index is 1.60. The molecule has 2 aliphatic heterocycles. The third-order valence-corrected chi connectivity index (χ3v) is 7.24. The summed E-state index contributed by atoms with van der Waals surface area (Å²) in [6, 6.07) is 4.01. The van der Waals surface area contributed by atoms with E-state index in [1.807, 2.05) is 6.92 Å². The Morgan fingerprint density at radius 2 is 2.21 bits per heavy atom. The Morgan fingerprint density at radius 1 is 1.45 bits per heavy atom. The fourth-order valence-corrected chi connectivity index (χ4v) is 5.51. The fourth-order valence-electron chi connectivity index (χ4n) is 4.18. The van der Waals surface area contributed by atoms with Crippen LogP contribution in [0.5, 0.6) is 5.75 Å². The molecule has 2 aliphatic rings. The van der Waals surface area contributed by atoms with Crippen LogP contribution in [0.1, 0.15) is 29.9 Å². The van der Waals surface area contributed by atoms with Gasteiger partial charge in [0.1, 0.15) is 5.82 Å². The van der Waals surface area contributed by atoms with E-state index in [4.69, 9.17) is 9.47 Å². The van der Waals surface area contributed by atoms with E-state index in [-0.39, 0.29) is 36.5 Å². The van der Waals surface area contributed by atoms with E-state index in [2.05, 4.69) is 10.0 Å². The number of benzene rings is 1. The van der Waals surface area contributed by atoms with Crippen LogP contribution in [-0.2, 0) is 23.1 Å². The van der Waals surface area contributed by atoms with Crippen molar-refractivity contribution in [2.45, 2.75) is 31.7 Å². The first-order chi connectivity index (χ1) is 15.6. The molecule has 11 heteroatoms. The number of hydrogen-bond donors (Lipinski definition) is 2. The molecule has 3 heterocycles. The van der Waals surface area contributed by atoms with Crippen molar-refractivity contribution in [1.29, 1.82) is 0 Å². The van der Waals surface area contributed by atoms with E-state index in [1.54, 1.807) is 36.6 Å². The fraction of sp³-hybridized carbons (Fsp3) is 0.455. The van der Waals surface area contributed by atoms with Crippen LogP contribution < -0.4 is 14.8 Å². The van der Waals surface area contributed by atoms with Gasteiger partial charge in [-0.3, -0.25) is 4.79 Å². The number of aromatic nitrogens is 1. The minimum Gasteiger partial charge on any atom is -0.593 e. The van der Waals surface area contributed by atoms with Gasteiger partial charge in [-0.05, 0) is 37.6 Å². The number of halogens is 1. The molecule has 0 bridgehead atoms. The second-order valence-corrected chi connectivity index (χ2v) is 9.87. The standard InChI is InChI=1S/C22H27FN4O5S/c1-5-31-21(29)27-10-17-22(3,11-27)12-32-19-16(33(30)25-17)9-26(4)18(19)20(28)24-14-6-7-15(23)13(2)8-14/h6-9,17,25H,5,10-12H2,1-4H3,(H,24,28). The monoisotopic (exact) mass is 478 g/mol. The van der Waals surface area contributed by atoms with Gasteiger partial charge in [0.25, 0.3) is 5.91 Å². The molecule has 1 fully saturated rings. The number of carbonyl (C=O) groups excluding carboxylic acids is 2. The number of rotatable bonds is 3. The zero-order valence-corrected chi connectivity index (χ0v) is 19.8. The van der Waals surface area contributed by atoms with Gasteiger partial charge >= 0.3 is 6.09 Å². The number of aryl methyl sites for hydroxylation is 2. The Labute approximate surface area is 194 Å². The van der Waals surface area contributed by atoms with E-state index < -0.39 is 28.8 Å². The van der Waals surface area contributed by atoms with Crippen LogP contribution in [0.2, 0.25) is 0 Å². The largest absolute Gasteiger partial charge is 0.593 e. The number of carbonyl (C=O) groups is 2. The van der Waals surface area contributed by atoms with Gasteiger partial charge in [-0.25, -0.2) is 9.18 Å². The highest BCUT2D eigenvalue weighted by atomic mass is 32.2. The lowest BCUT2D eigenvalue weighted by Gasteiger charge is -2.32. The Kier molecular flexibility index (Phi) is 6.30. The van der Waals surface area contributed by atoms with Gasteiger partial charge in [0.05, 0.1) is 36.8 Å². The molecule has 1 aromatic heterocycles. The zero-order chi connectivity index (χ0) is 23.9. The summed E-state index contributed by atoms with van der Waals surface area (Å²) in [5.41, 5.74) is 0.497. The van der Waals surface area contributed by atoms with E-state index >= 15 is 0 Å². The van der Waals surface area contributed by atoms with Crippen molar-refractivity contribution in [2.24, 2.45) is 12.5 Å². The SMILES string of the molecule is CCOC(=O)N1CC2N[S+]([O-])c3cn(C)c(C(=O)Nc4ccc(F)c(C)c4)c3OCC2(C)C1. The van der Waals surface area contributed by atoms with Crippen LogP contribution in [0, 0.1) is 18.2 Å². The molecular formula is C22H27FN4O5S. The average molecular weight is 479 g/mol. The molecule has 1 saturated heterocycles. The summed E-state index contributed by atoms with van der Waals surface area (Å²) < 4.78 is 42.6. The third-order valence-electron chi connectivity index (χ3n) is 6.05. The van der Waals surface area contributed by atoms with Crippen molar-refractivity contribution in [2.75, 3.05) is 31.6 Å². The lowest BCUT2D eigenvalue weighted by atomic mass is 9.87. The lowest BCUT2D eigenvalue weighted by molar-refractivity contribution is 0.0993. The number of ether oxygens (including phenoxy) is 2. The first kappa shape index (κ1) is 23.4. The first-order valence-corrected chi connectivity index (χ1v) is 11.8. The van der Waals surface area contributed by atoms with Crippen LogP contribution in [0.15, 0.2) is 29.3 Å². The van der Waals surface area contributed by atoms with Crippen LogP contribution in [0.25, 0.3) is 0 Å². The highest BCUT2D eigenvalue weighted by molar-refractivity contribution is 7.89. The predicted molar refractivity (Wildman–Crippen MR) is 120 cm³/mol. The molecule has 33 heavy (non-hydrogen) atoms. The van der Waals surface area contributed by atoms with Crippen molar-refractivity contribution < 1.29 is 28.0 Å². The average Bonchev–Trinajstić information content (AvgIpc) is 3.25. The minimum absolute atomic E-state index is 0.199. The molecule has 0 saturated carbocycles. The zero-order valence-electron chi connectivity index (χ0n) is 18.9. The molecule has 2 N–H and O–H groups in total. The molecule has 2 aromatic rings. The smallest absolute Gasteiger partial charge is 0.409 e. The Morgan fingerprint density at radius 3 is 2.91 bits per heavy atom. The van der Waals surface area contributed by atoms with Gasteiger partial charge in [0.2, 0.25) is 10.6 Å². The molecule has 178 valence electrons. The van der Waals surface area contributed by atoms with Gasteiger partial charge in [-0.2, -0.15) is 0 Å². The Bertz CT molecular complexity index is 1090. The minimum atomic E-state index is -1.68. The molecule has 0 spiro atoms. The molecule has 9 nitrogen and oxygen atoms in total. The summed E-state index contributed by atoms with van der Waals surface area (Å²) in [6.07, 6.45) is 1.16. The number of nitrogens with zero attached hydrogens (tertiary/aromatic N) is 2. The van der Waals surface area contributed by atoms with Crippen molar-refractivity contribution in [3.8, 4) is 5.75 Å². The van der Waals surface area contributed by atoms with E-state index in [1.165, 1.54) is 18.2 Å². The lowest BCUT2D eigenvalue weighted by Crippen LogP contribution is -2.49. The quantitative estimate of drug-likeness (QED) is 0.657. The molecule has 3 atom stereocenters. The molecular weight excluding hydrogens is 451 g/mol. The second-order valence-electron chi connectivity index (χ2n) is 8.66. The van der Waals surface area contributed by atoms with Crippen molar-refractivity contribution in [3.63, 3.8) is 0 Å². The molecule has 0 aliphatic carbocycles. The molecule has 1 aromatic carbocycles. The maximum atomic E-state index is 13.6. The number of likely N-dealkylation sites (tertiary alicyclic amines) is 1. The van der Waals surface area contributed by atoms with E-state index in [9.17, 15) is 18.5 Å². The normalized spacial score (nSPS) is 24.2. The summed E-state index contributed by atoms with van der Waals surface area (Å²) in [7, 11) is 1.67. The highest BCUT2D eigenvalue weighted by Gasteiger charge is 2.50. The molecule has 0 radical (unpaired) electrons. The summed E-state index contributed by atoms with van der Waals surface area (Å²) in [5, 5.41) is 2.75. The van der Waals surface area contributed by atoms with Crippen molar-refractivity contribution >= 4 is 29.0 Å². The van der Waals surface area contributed by atoms with Crippen LogP contribution in [-0.4, -0.2) is 58.4 Å². The first-order valence-electron chi connectivity index (χ1n) is 10.6. The number of nitrogens with one attached hydrogen (secondary N) is 2. The van der Waals surface area contributed by atoms with Gasteiger partial charge < -0.3 is 28.8 Å². The summed E-state index contributed by atoms with van der Waals surface area (Å²) in [6.45, 7) is 6.46. The number of fused-ring (bicyclic) bond motifs is 2. The second kappa shape index (κ2) is 8.88. The van der Waals surface area contributed by atoms with E-state index in [0.717, 1.165) is 0 Å². The number of amides is 2. The van der Waals surface area contributed by atoms with Crippen LogP contribution in [0.4, 0.5) is 14.9 Å². The van der Waals surface area contributed by atoms with Crippen LogP contribution >= 0.6 is 0 Å². The van der Waals surface area contributed by atoms with Gasteiger partial charge in [0.15, 0.2) is 5.69 Å². The maximum Gasteiger partial charge on any atom is 0.409 e. The van der Waals surface area contributed by atoms with E-state index in [0.29, 0.717) is 29.2 Å². The van der Waals surface area contributed by atoms with Crippen molar-refractivity contribution in [1.82, 2.24) is 14.2 Å². The molecule has 3 unspecified atom stereocenters. The summed E-state index contributed by atoms with van der Waals surface area (Å²) in [5.74, 6) is -0.615. The van der Waals surface area contributed by atoms with Gasteiger partial charge in [-0.15, -0.1) is 4.72 Å². The molecule has 4 rings (SSSR count). The topological polar surface area (TPSA) is 108 Å². The van der Waals surface area contributed by atoms with Crippen LogP contribution in [0.3, 0.4) is 0 Å². The summed E-state index contributed by atoms with van der Waals surface area (Å²) in [4.78, 5) is 27.2. The highest BCUT2D eigenvalue weighted by Crippen LogP contribution is 2.39. The predicted octanol–water partition coefficient (Wildman–Crippen LogP) is 2.58. The number of hydrogen-bond acceptors (Lipinski definition) is 6. The molecule has 2 amide bonds.